The molecule has 3 aromatic carbocycles. The van der Waals surface area contributed by atoms with Crippen LogP contribution in [0, 0.1) is 19.5 Å². The van der Waals surface area contributed by atoms with Crippen LogP contribution in [0.4, 0.5) is 10.1 Å². The van der Waals surface area contributed by atoms with Gasteiger partial charge in [-0.1, -0.05) is 23.7 Å². The van der Waals surface area contributed by atoms with Gasteiger partial charge in [-0.2, -0.15) is 0 Å². The third-order valence-electron chi connectivity index (χ3n) is 4.95. The number of esters is 1. The van der Waals surface area contributed by atoms with Crippen molar-refractivity contribution in [1.82, 2.24) is 0 Å². The molecule has 0 unspecified atom stereocenters. The maximum Gasteiger partial charge on any atom is 0.363 e. The average Bonchev–Trinajstić information content (AvgIpc) is 3.19. The van der Waals surface area contributed by atoms with E-state index in [0.29, 0.717) is 23.7 Å². The lowest BCUT2D eigenvalue weighted by Gasteiger charge is -2.15. The second-order valence-corrected chi connectivity index (χ2v) is 9.00. The Morgan fingerprint density at radius 3 is 2.58 bits per heavy atom. The van der Waals surface area contributed by atoms with Gasteiger partial charge in [-0.15, -0.1) is 0 Å². The highest BCUT2D eigenvalue weighted by molar-refractivity contribution is 14.1. The van der Waals surface area contributed by atoms with Gasteiger partial charge in [-0.05, 0) is 77.0 Å². The fourth-order valence-electron chi connectivity index (χ4n) is 3.28. The molecule has 0 N–H and O–H groups in total. The summed E-state index contributed by atoms with van der Waals surface area (Å²) >= 11 is 8.24. The van der Waals surface area contributed by atoms with Gasteiger partial charge < -0.3 is 14.2 Å². The molecule has 36 heavy (non-hydrogen) atoms. The number of carbonyl (C=O) groups excluding carboxylic acids is 1. The summed E-state index contributed by atoms with van der Waals surface area (Å²) in [5, 5.41) is 11.0. The number of hydrogen-bond acceptors (Lipinski definition) is 7. The van der Waals surface area contributed by atoms with E-state index in [1.54, 1.807) is 24.3 Å². The van der Waals surface area contributed by atoms with E-state index in [1.807, 2.05) is 6.92 Å². The number of hydrogen-bond donors (Lipinski definition) is 0. The zero-order chi connectivity index (χ0) is 25.8. The maximum absolute atomic E-state index is 13.2. The molecule has 184 valence electrons. The molecule has 3 aromatic rings. The first-order chi connectivity index (χ1) is 17.2. The normalized spacial score (nSPS) is 13.9. The largest absolute Gasteiger partial charge is 0.490 e. The Balaban J connectivity index is 1.61. The van der Waals surface area contributed by atoms with Gasteiger partial charge in [-0.25, -0.2) is 14.2 Å². The molecule has 0 atom stereocenters. The van der Waals surface area contributed by atoms with Crippen molar-refractivity contribution >= 4 is 57.8 Å². The number of non-ortho nitro benzene ring substituents is 1. The smallest absolute Gasteiger partial charge is 0.363 e. The molecule has 11 heteroatoms. The molecular weight excluding hydrogens is 606 g/mol. The molecule has 0 saturated carbocycles. The average molecular weight is 623 g/mol. The molecule has 1 heterocycles. The van der Waals surface area contributed by atoms with E-state index in [1.165, 1.54) is 30.3 Å². The molecule has 1 aliphatic rings. The first-order valence-corrected chi connectivity index (χ1v) is 12.0. The Morgan fingerprint density at radius 1 is 1.17 bits per heavy atom. The quantitative estimate of drug-likeness (QED) is 0.0959. The van der Waals surface area contributed by atoms with Crippen molar-refractivity contribution in [3.63, 3.8) is 0 Å². The van der Waals surface area contributed by atoms with Crippen molar-refractivity contribution in [2.45, 2.75) is 13.5 Å². The topological polar surface area (TPSA) is 100 Å². The molecule has 0 spiro atoms. The molecule has 4 rings (SSSR count). The Morgan fingerprint density at radius 2 is 1.92 bits per heavy atom. The number of benzene rings is 3. The third-order valence-corrected chi connectivity index (χ3v) is 6.06. The standard InChI is InChI=1S/C25H17ClFIN2O6/c1-2-34-22-11-15(9-20(28)23(22)35-13-14-3-5-16(27)6-4-14)10-21-25(31)36-24(29-21)18-8-7-17(30(32)33)12-19(18)26/h3-12H,2,13H2,1H3/b21-10-. The molecular formula is C25H17ClFIN2O6. The zero-order valence-electron chi connectivity index (χ0n) is 18.7. The van der Waals surface area contributed by atoms with Gasteiger partial charge in [0.25, 0.3) is 5.69 Å². The highest BCUT2D eigenvalue weighted by Gasteiger charge is 2.27. The second kappa shape index (κ2) is 11.0. The lowest BCUT2D eigenvalue weighted by molar-refractivity contribution is -0.384. The van der Waals surface area contributed by atoms with Gasteiger partial charge in [0.2, 0.25) is 5.90 Å². The molecule has 1 aliphatic heterocycles. The van der Waals surface area contributed by atoms with Crippen LogP contribution in [0.5, 0.6) is 11.5 Å². The van der Waals surface area contributed by atoms with Gasteiger partial charge in [0.15, 0.2) is 17.2 Å². The predicted molar refractivity (Wildman–Crippen MR) is 140 cm³/mol. The number of carbonyl (C=O) groups is 1. The maximum atomic E-state index is 13.2. The Labute approximate surface area is 223 Å². The number of ether oxygens (including phenoxy) is 3. The number of nitro benzene ring substituents is 1. The van der Waals surface area contributed by atoms with Gasteiger partial charge in [0.05, 0.1) is 25.7 Å². The van der Waals surface area contributed by atoms with Crippen LogP contribution < -0.4 is 9.47 Å². The highest BCUT2D eigenvalue weighted by atomic mass is 127. The van der Waals surface area contributed by atoms with Crippen molar-refractivity contribution in [2.75, 3.05) is 6.61 Å². The van der Waals surface area contributed by atoms with E-state index in [2.05, 4.69) is 27.6 Å². The summed E-state index contributed by atoms with van der Waals surface area (Å²) in [5.74, 6) is -0.0888. The molecule has 8 nitrogen and oxygen atoms in total. The first kappa shape index (κ1) is 25.6. The van der Waals surface area contributed by atoms with Crippen molar-refractivity contribution in [3.8, 4) is 11.5 Å². The Bertz CT molecular complexity index is 1410. The van der Waals surface area contributed by atoms with E-state index >= 15 is 0 Å². The van der Waals surface area contributed by atoms with Crippen LogP contribution in [0.25, 0.3) is 6.08 Å². The molecule has 0 bridgehead atoms. The first-order valence-electron chi connectivity index (χ1n) is 10.6. The second-order valence-electron chi connectivity index (χ2n) is 7.44. The van der Waals surface area contributed by atoms with E-state index in [9.17, 15) is 19.3 Å². The highest BCUT2D eigenvalue weighted by Crippen LogP contribution is 2.36. The van der Waals surface area contributed by atoms with Crippen LogP contribution in [0.3, 0.4) is 0 Å². The van der Waals surface area contributed by atoms with Gasteiger partial charge >= 0.3 is 5.97 Å². The molecule has 0 radical (unpaired) electrons. The fraction of sp³-hybridized carbons (Fsp3) is 0.120. The minimum atomic E-state index is -0.691. The van der Waals surface area contributed by atoms with E-state index < -0.39 is 10.9 Å². The summed E-state index contributed by atoms with van der Waals surface area (Å²) in [6, 6.07) is 13.3. The molecule has 0 aromatic heterocycles. The minimum absolute atomic E-state index is 0.0256. The Kier molecular flexibility index (Phi) is 7.85. The monoisotopic (exact) mass is 622 g/mol. The summed E-state index contributed by atoms with van der Waals surface area (Å²) in [6.45, 7) is 2.43. The van der Waals surface area contributed by atoms with Crippen molar-refractivity contribution < 1.29 is 28.3 Å². The molecule has 0 saturated heterocycles. The predicted octanol–water partition coefficient (Wildman–Crippen LogP) is 6.31. The lowest BCUT2D eigenvalue weighted by Crippen LogP contribution is -2.06. The van der Waals surface area contributed by atoms with Crippen LogP contribution in [0.15, 0.2) is 65.3 Å². The van der Waals surface area contributed by atoms with Gasteiger partial charge in [0, 0.05) is 12.1 Å². The van der Waals surface area contributed by atoms with E-state index in [-0.39, 0.29) is 40.3 Å². The number of nitro groups is 1. The summed E-state index contributed by atoms with van der Waals surface area (Å²) < 4.78 is 30.8. The molecule has 0 amide bonds. The summed E-state index contributed by atoms with van der Waals surface area (Å²) in [5.41, 5.74) is 1.50. The van der Waals surface area contributed by atoms with Crippen LogP contribution in [0.1, 0.15) is 23.6 Å². The van der Waals surface area contributed by atoms with Crippen molar-refractivity contribution in [2.24, 2.45) is 4.99 Å². The molecule has 0 fully saturated rings. The van der Waals surface area contributed by atoms with Crippen molar-refractivity contribution in [1.29, 1.82) is 0 Å². The van der Waals surface area contributed by atoms with Crippen LogP contribution in [-0.4, -0.2) is 23.4 Å². The number of rotatable bonds is 8. The third kappa shape index (κ3) is 5.82. The lowest BCUT2D eigenvalue weighted by atomic mass is 10.1. The van der Waals surface area contributed by atoms with Crippen LogP contribution >= 0.6 is 34.2 Å². The number of aliphatic imine (C=N–C) groups is 1. The minimum Gasteiger partial charge on any atom is -0.490 e. The van der Waals surface area contributed by atoms with Crippen molar-refractivity contribution in [3.05, 3.63) is 102 Å². The van der Waals surface area contributed by atoms with Gasteiger partial charge in [-0.3, -0.25) is 10.1 Å². The number of cyclic esters (lactones) is 1. The van der Waals surface area contributed by atoms with Crippen LogP contribution in [0.2, 0.25) is 5.02 Å². The summed E-state index contributed by atoms with van der Waals surface area (Å²) in [7, 11) is 0. The fourth-order valence-corrected chi connectivity index (χ4v) is 4.32. The van der Waals surface area contributed by atoms with E-state index in [0.717, 1.165) is 15.2 Å². The van der Waals surface area contributed by atoms with Gasteiger partial charge in [0.1, 0.15) is 12.4 Å². The number of halogens is 3. The number of nitrogens with zero attached hydrogens (tertiary/aromatic N) is 2. The Hall–Kier alpha value is -3.51. The zero-order valence-corrected chi connectivity index (χ0v) is 21.6. The van der Waals surface area contributed by atoms with E-state index in [4.69, 9.17) is 25.8 Å². The van der Waals surface area contributed by atoms with Crippen LogP contribution in [-0.2, 0) is 16.1 Å². The SMILES string of the molecule is CCOc1cc(/C=C2\N=C(c3ccc([N+](=O)[O-])cc3Cl)OC2=O)cc(I)c1OCc1ccc(F)cc1. The summed E-state index contributed by atoms with van der Waals surface area (Å²) in [6.07, 6.45) is 1.53. The summed E-state index contributed by atoms with van der Waals surface area (Å²) in [4.78, 5) is 27.0. The molecule has 0 aliphatic carbocycles.